The zero-order valence-corrected chi connectivity index (χ0v) is 15.5. The van der Waals surface area contributed by atoms with E-state index >= 15 is 0 Å². The van der Waals surface area contributed by atoms with E-state index in [-0.39, 0.29) is 23.6 Å². The predicted octanol–water partition coefficient (Wildman–Crippen LogP) is 0.850. The molecule has 0 unspecified atom stereocenters. The highest BCUT2D eigenvalue weighted by Crippen LogP contribution is 2.10. The van der Waals surface area contributed by atoms with Crippen molar-refractivity contribution in [3.8, 4) is 0 Å². The first kappa shape index (κ1) is 18.8. The topological polar surface area (TPSA) is 84.1 Å². The molecule has 0 aliphatic carbocycles. The Morgan fingerprint density at radius 1 is 1.11 bits per heavy atom. The number of carbonyl (C=O) groups excluding carboxylic acids is 3. The molecule has 0 saturated carbocycles. The molecular weight excluding hydrogens is 346 g/mol. The molecule has 1 atom stereocenters. The van der Waals surface area contributed by atoms with Gasteiger partial charge < -0.3 is 19.5 Å². The Balaban J connectivity index is 1.52. The number of anilines is 1. The molecule has 0 spiro atoms. The van der Waals surface area contributed by atoms with Crippen LogP contribution in [-0.4, -0.2) is 54.7 Å². The van der Waals surface area contributed by atoms with Gasteiger partial charge in [0, 0.05) is 11.3 Å². The smallest absolute Gasteiger partial charge is 0.289 e. The fourth-order valence-electron chi connectivity index (χ4n) is 3.21. The van der Waals surface area contributed by atoms with Gasteiger partial charge in [0.05, 0.1) is 32.4 Å². The van der Waals surface area contributed by atoms with Crippen molar-refractivity contribution < 1.29 is 23.7 Å². The van der Waals surface area contributed by atoms with E-state index in [1.165, 1.54) is 13.2 Å². The number of Topliss-reactive ketones (excluding diaryl/α,β-unsaturated/α-hetero) is 1. The molecule has 1 aliphatic heterocycles. The van der Waals surface area contributed by atoms with E-state index in [1.807, 2.05) is 6.92 Å². The highest BCUT2D eigenvalue weighted by atomic mass is 16.3. The molecule has 27 heavy (non-hydrogen) atoms. The Hall–Kier alpha value is -2.93. The molecule has 1 aromatic carbocycles. The molecule has 1 saturated heterocycles. The fraction of sp³-hybridized carbons (Fsp3) is 0.350. The summed E-state index contributed by atoms with van der Waals surface area (Å²) in [5, 5.41) is 2.89. The molecule has 2 N–H and O–H groups in total. The van der Waals surface area contributed by atoms with Crippen molar-refractivity contribution in [1.29, 1.82) is 0 Å². The van der Waals surface area contributed by atoms with Crippen LogP contribution in [0.2, 0.25) is 0 Å². The number of furan rings is 1. The van der Waals surface area contributed by atoms with Crippen molar-refractivity contribution in [2.45, 2.75) is 19.9 Å². The van der Waals surface area contributed by atoms with Gasteiger partial charge in [-0.3, -0.25) is 14.4 Å². The van der Waals surface area contributed by atoms with Crippen LogP contribution in [0.5, 0.6) is 0 Å². The summed E-state index contributed by atoms with van der Waals surface area (Å²) in [5.74, 6) is 0.152. The molecule has 7 nitrogen and oxygen atoms in total. The summed E-state index contributed by atoms with van der Waals surface area (Å²) in [6, 6.07) is 9.99. The van der Waals surface area contributed by atoms with E-state index in [4.69, 9.17) is 4.42 Å². The molecule has 7 heteroatoms. The van der Waals surface area contributed by atoms with Gasteiger partial charge in [-0.05, 0) is 50.2 Å². The summed E-state index contributed by atoms with van der Waals surface area (Å²) in [5.41, 5.74) is 1.28. The molecule has 0 bridgehead atoms. The Labute approximate surface area is 157 Å². The van der Waals surface area contributed by atoms with E-state index < -0.39 is 0 Å². The largest absolute Gasteiger partial charge is 0.459 e. The molecule has 3 rings (SSSR count). The summed E-state index contributed by atoms with van der Waals surface area (Å²) in [6.45, 7) is 5.96. The van der Waals surface area contributed by atoms with Gasteiger partial charge in [0.2, 0.25) is 0 Å². The lowest BCUT2D eigenvalue weighted by atomic mass is 10.1. The van der Waals surface area contributed by atoms with Crippen LogP contribution in [0.1, 0.15) is 34.8 Å². The van der Waals surface area contributed by atoms with E-state index in [1.54, 1.807) is 41.3 Å². The van der Waals surface area contributed by atoms with Crippen LogP contribution in [0.4, 0.5) is 5.69 Å². The lowest BCUT2D eigenvalue weighted by Crippen LogP contribution is -3.19. The zero-order chi connectivity index (χ0) is 19.4. The molecule has 1 aromatic heterocycles. The first-order chi connectivity index (χ1) is 13.0. The van der Waals surface area contributed by atoms with E-state index in [9.17, 15) is 14.4 Å². The average Bonchev–Trinajstić information content (AvgIpc) is 3.22. The molecule has 0 radical (unpaired) electrons. The third-order valence-electron chi connectivity index (χ3n) is 4.99. The maximum absolute atomic E-state index is 12.5. The SMILES string of the molecule is CC(=O)c1ccc(NC(=O)[C@H](C)[NH+]2CCN(C(=O)c3ccco3)CC2)cc1. The second-order valence-corrected chi connectivity index (χ2v) is 6.77. The summed E-state index contributed by atoms with van der Waals surface area (Å²) in [6.07, 6.45) is 1.49. The maximum atomic E-state index is 12.5. The number of piperazine rings is 1. The molecule has 1 fully saturated rings. The number of rotatable bonds is 5. The van der Waals surface area contributed by atoms with Crippen LogP contribution >= 0.6 is 0 Å². The number of ketones is 1. The number of benzene rings is 1. The molecule has 142 valence electrons. The minimum absolute atomic E-state index is 0.00680. The van der Waals surface area contributed by atoms with E-state index in [0.29, 0.717) is 43.2 Å². The second-order valence-electron chi connectivity index (χ2n) is 6.77. The lowest BCUT2D eigenvalue weighted by molar-refractivity contribution is -0.917. The number of quaternary nitrogens is 1. The summed E-state index contributed by atoms with van der Waals surface area (Å²) in [7, 11) is 0. The minimum Gasteiger partial charge on any atom is -0.459 e. The monoisotopic (exact) mass is 370 g/mol. The van der Waals surface area contributed by atoms with Crippen LogP contribution in [0.3, 0.4) is 0 Å². The first-order valence-corrected chi connectivity index (χ1v) is 9.05. The van der Waals surface area contributed by atoms with Gasteiger partial charge in [-0.1, -0.05) is 0 Å². The third-order valence-corrected chi connectivity index (χ3v) is 4.99. The Morgan fingerprint density at radius 3 is 2.33 bits per heavy atom. The molecule has 1 aliphatic rings. The summed E-state index contributed by atoms with van der Waals surface area (Å²) < 4.78 is 5.17. The minimum atomic E-state index is -0.238. The Bertz CT molecular complexity index is 806. The number of amides is 2. The maximum Gasteiger partial charge on any atom is 0.289 e. The van der Waals surface area contributed by atoms with Gasteiger partial charge in [-0.25, -0.2) is 0 Å². The Kier molecular flexibility index (Phi) is 5.71. The number of hydrogen-bond acceptors (Lipinski definition) is 4. The fourth-order valence-corrected chi connectivity index (χ4v) is 3.21. The van der Waals surface area contributed by atoms with Crippen LogP contribution in [0, 0.1) is 0 Å². The Morgan fingerprint density at radius 2 is 1.78 bits per heavy atom. The van der Waals surface area contributed by atoms with E-state index in [2.05, 4.69) is 5.32 Å². The van der Waals surface area contributed by atoms with Gasteiger partial charge >= 0.3 is 0 Å². The third kappa shape index (κ3) is 4.43. The van der Waals surface area contributed by atoms with Crippen molar-refractivity contribution in [2.75, 3.05) is 31.5 Å². The molecule has 2 amide bonds. The normalized spacial score (nSPS) is 16.0. The molecule has 2 heterocycles. The van der Waals surface area contributed by atoms with Crippen molar-refractivity contribution in [1.82, 2.24) is 4.90 Å². The second kappa shape index (κ2) is 8.18. The van der Waals surface area contributed by atoms with Crippen molar-refractivity contribution in [3.63, 3.8) is 0 Å². The number of carbonyl (C=O) groups is 3. The zero-order valence-electron chi connectivity index (χ0n) is 15.5. The van der Waals surface area contributed by atoms with Gasteiger partial charge in [0.15, 0.2) is 17.6 Å². The predicted molar refractivity (Wildman–Crippen MR) is 99.8 cm³/mol. The van der Waals surface area contributed by atoms with Gasteiger partial charge in [0.25, 0.3) is 11.8 Å². The quantitative estimate of drug-likeness (QED) is 0.765. The lowest BCUT2D eigenvalue weighted by Gasteiger charge is -2.34. The number of nitrogens with zero attached hydrogens (tertiary/aromatic N) is 1. The van der Waals surface area contributed by atoms with Gasteiger partial charge in [-0.2, -0.15) is 0 Å². The first-order valence-electron chi connectivity index (χ1n) is 9.05. The van der Waals surface area contributed by atoms with Crippen molar-refractivity contribution in [2.24, 2.45) is 0 Å². The highest BCUT2D eigenvalue weighted by Gasteiger charge is 2.31. The number of hydrogen-bond donors (Lipinski definition) is 2. The van der Waals surface area contributed by atoms with Crippen LogP contribution in [0.15, 0.2) is 47.1 Å². The summed E-state index contributed by atoms with van der Waals surface area (Å²) in [4.78, 5) is 39.1. The van der Waals surface area contributed by atoms with Crippen LogP contribution < -0.4 is 10.2 Å². The summed E-state index contributed by atoms with van der Waals surface area (Å²) >= 11 is 0. The molecular formula is C20H24N3O4+. The van der Waals surface area contributed by atoms with Crippen molar-refractivity contribution in [3.05, 3.63) is 54.0 Å². The molecule has 2 aromatic rings. The van der Waals surface area contributed by atoms with Gasteiger partial charge in [0.1, 0.15) is 0 Å². The van der Waals surface area contributed by atoms with Crippen LogP contribution in [0.25, 0.3) is 0 Å². The highest BCUT2D eigenvalue weighted by molar-refractivity contribution is 5.96. The number of nitrogens with one attached hydrogen (secondary N) is 2. The van der Waals surface area contributed by atoms with Crippen molar-refractivity contribution >= 4 is 23.3 Å². The van der Waals surface area contributed by atoms with E-state index in [0.717, 1.165) is 4.90 Å². The average molecular weight is 370 g/mol. The van der Waals surface area contributed by atoms with Gasteiger partial charge in [-0.15, -0.1) is 0 Å². The van der Waals surface area contributed by atoms with Crippen LogP contribution in [-0.2, 0) is 4.79 Å². The standard InChI is InChI=1S/C20H23N3O4/c1-14(19(25)21-17-7-5-16(6-8-17)15(2)24)22-9-11-23(12-10-22)20(26)18-4-3-13-27-18/h3-8,13-14H,9-12H2,1-2H3,(H,21,25)/p+1/t14-/m0/s1.